The highest BCUT2D eigenvalue weighted by molar-refractivity contribution is 7.15. The molecule has 0 spiro atoms. The van der Waals surface area contributed by atoms with Gasteiger partial charge in [-0.3, -0.25) is 20.2 Å². The molecule has 0 bridgehead atoms. The third kappa shape index (κ3) is 5.10. The van der Waals surface area contributed by atoms with Gasteiger partial charge in [0.2, 0.25) is 0 Å². The van der Waals surface area contributed by atoms with Crippen LogP contribution in [-0.4, -0.2) is 22.4 Å². The van der Waals surface area contributed by atoms with Crippen LogP contribution in [0.3, 0.4) is 0 Å². The second kappa shape index (κ2) is 8.57. The van der Waals surface area contributed by atoms with Crippen LogP contribution in [0.4, 0.5) is 15.2 Å². The predicted molar refractivity (Wildman–Crippen MR) is 103 cm³/mol. The number of amides is 1. The summed E-state index contributed by atoms with van der Waals surface area (Å²) >= 11 is 1.28. The number of nitro benzene ring substituents is 1. The number of hydrogen-bond donors (Lipinski definition) is 1. The van der Waals surface area contributed by atoms with E-state index in [0.29, 0.717) is 17.1 Å². The van der Waals surface area contributed by atoms with Gasteiger partial charge in [0.15, 0.2) is 11.7 Å². The Kier molecular flexibility index (Phi) is 5.95. The SMILES string of the molecule is Cc1ccc(Cc2cnc(NC(=O)COc3cccc([N+](=O)[O-])c3)s2)cc1F. The minimum absolute atomic E-state index is 0.116. The third-order valence-corrected chi connectivity index (χ3v) is 4.73. The number of nitrogens with one attached hydrogen (secondary N) is 1. The lowest BCUT2D eigenvalue weighted by atomic mass is 10.1. The first-order valence-electron chi connectivity index (χ1n) is 8.27. The van der Waals surface area contributed by atoms with Gasteiger partial charge in [-0.05, 0) is 30.2 Å². The van der Waals surface area contributed by atoms with Crippen molar-refractivity contribution >= 4 is 28.1 Å². The van der Waals surface area contributed by atoms with Gasteiger partial charge in [-0.1, -0.05) is 18.2 Å². The van der Waals surface area contributed by atoms with Crippen LogP contribution in [0.5, 0.6) is 5.75 Å². The molecule has 28 heavy (non-hydrogen) atoms. The topological polar surface area (TPSA) is 94.4 Å². The monoisotopic (exact) mass is 401 g/mol. The van der Waals surface area contributed by atoms with E-state index >= 15 is 0 Å². The van der Waals surface area contributed by atoms with Crippen LogP contribution in [0.1, 0.15) is 16.0 Å². The first-order chi connectivity index (χ1) is 13.4. The van der Waals surface area contributed by atoms with Crippen LogP contribution in [0.2, 0.25) is 0 Å². The maximum atomic E-state index is 13.6. The van der Waals surface area contributed by atoms with Gasteiger partial charge < -0.3 is 4.74 Å². The summed E-state index contributed by atoms with van der Waals surface area (Å²) in [7, 11) is 0. The van der Waals surface area contributed by atoms with E-state index in [2.05, 4.69) is 10.3 Å². The molecule has 0 saturated carbocycles. The summed E-state index contributed by atoms with van der Waals surface area (Å²) in [5, 5.41) is 13.8. The minimum Gasteiger partial charge on any atom is -0.484 e. The van der Waals surface area contributed by atoms with Gasteiger partial charge in [-0.25, -0.2) is 9.37 Å². The molecule has 1 N–H and O–H groups in total. The molecule has 0 saturated heterocycles. The number of anilines is 1. The number of aromatic nitrogens is 1. The molecule has 0 fully saturated rings. The molecule has 2 aromatic carbocycles. The number of benzene rings is 2. The fourth-order valence-corrected chi connectivity index (χ4v) is 3.25. The van der Waals surface area contributed by atoms with Gasteiger partial charge in [0, 0.05) is 23.6 Å². The maximum absolute atomic E-state index is 13.6. The molecule has 0 radical (unpaired) electrons. The fraction of sp³-hybridized carbons (Fsp3) is 0.158. The van der Waals surface area contributed by atoms with Crippen molar-refractivity contribution in [3.8, 4) is 5.75 Å². The number of carbonyl (C=O) groups is 1. The lowest BCUT2D eigenvalue weighted by molar-refractivity contribution is -0.384. The summed E-state index contributed by atoms with van der Waals surface area (Å²) in [6, 6.07) is 10.7. The molecular weight excluding hydrogens is 385 g/mol. The predicted octanol–water partition coefficient (Wildman–Crippen LogP) is 4.11. The number of halogens is 1. The molecule has 3 aromatic rings. The molecule has 7 nitrogen and oxygen atoms in total. The number of rotatable bonds is 7. The molecule has 3 rings (SSSR count). The molecule has 144 valence electrons. The van der Waals surface area contributed by atoms with Gasteiger partial charge >= 0.3 is 0 Å². The quantitative estimate of drug-likeness (QED) is 0.475. The molecule has 0 atom stereocenters. The Bertz CT molecular complexity index is 1020. The summed E-state index contributed by atoms with van der Waals surface area (Å²) in [5.74, 6) is -0.465. The number of nitrogens with zero attached hydrogens (tertiary/aromatic N) is 2. The van der Waals surface area contributed by atoms with Crippen LogP contribution in [0.15, 0.2) is 48.7 Å². The van der Waals surface area contributed by atoms with E-state index in [1.165, 1.54) is 41.7 Å². The smallest absolute Gasteiger partial charge is 0.273 e. The van der Waals surface area contributed by atoms with Crippen molar-refractivity contribution in [2.45, 2.75) is 13.3 Å². The number of non-ortho nitro benzene ring substituents is 1. The van der Waals surface area contributed by atoms with Crippen molar-refractivity contribution < 1.29 is 18.8 Å². The highest BCUT2D eigenvalue weighted by atomic mass is 32.1. The Morgan fingerprint density at radius 3 is 2.89 bits per heavy atom. The van der Waals surface area contributed by atoms with E-state index in [4.69, 9.17) is 4.74 Å². The van der Waals surface area contributed by atoms with E-state index in [0.717, 1.165) is 10.4 Å². The van der Waals surface area contributed by atoms with Gasteiger partial charge in [0.25, 0.3) is 11.6 Å². The lowest BCUT2D eigenvalue weighted by Gasteiger charge is -2.05. The van der Waals surface area contributed by atoms with Crippen molar-refractivity contribution in [1.82, 2.24) is 4.98 Å². The highest BCUT2D eigenvalue weighted by Gasteiger charge is 2.11. The first kappa shape index (κ1) is 19.4. The standard InChI is InChI=1S/C19H16FN3O4S/c1-12-5-6-13(8-17(12)20)7-16-10-21-19(28-16)22-18(24)11-27-15-4-2-3-14(9-15)23(25)26/h2-6,8-10H,7,11H2,1H3,(H,21,22,24). The molecule has 0 unspecified atom stereocenters. The Morgan fingerprint density at radius 1 is 1.32 bits per heavy atom. The lowest BCUT2D eigenvalue weighted by Crippen LogP contribution is -2.20. The molecule has 0 aliphatic rings. The van der Waals surface area contributed by atoms with E-state index < -0.39 is 10.8 Å². The zero-order valence-electron chi connectivity index (χ0n) is 14.8. The number of thiazole rings is 1. The molecule has 9 heteroatoms. The normalized spacial score (nSPS) is 10.5. The van der Waals surface area contributed by atoms with Crippen molar-refractivity contribution in [1.29, 1.82) is 0 Å². The minimum atomic E-state index is -0.538. The number of hydrogen-bond acceptors (Lipinski definition) is 6. The van der Waals surface area contributed by atoms with Gasteiger partial charge in [-0.2, -0.15) is 0 Å². The fourth-order valence-electron chi connectivity index (χ4n) is 2.39. The maximum Gasteiger partial charge on any atom is 0.273 e. The van der Waals surface area contributed by atoms with E-state index in [1.807, 2.05) is 6.07 Å². The summed E-state index contributed by atoms with van der Waals surface area (Å²) in [4.78, 5) is 27.2. The molecule has 0 aliphatic heterocycles. The number of ether oxygens (including phenoxy) is 1. The Balaban J connectivity index is 1.54. The molecule has 1 amide bonds. The van der Waals surface area contributed by atoms with Crippen molar-refractivity contribution in [2.75, 3.05) is 11.9 Å². The van der Waals surface area contributed by atoms with Gasteiger partial charge in [0.1, 0.15) is 11.6 Å². The first-order valence-corrected chi connectivity index (χ1v) is 9.09. The second-order valence-electron chi connectivity index (χ2n) is 5.98. The molecule has 1 aromatic heterocycles. The Hall–Kier alpha value is -3.33. The number of carbonyl (C=O) groups excluding carboxylic acids is 1. The zero-order chi connectivity index (χ0) is 20.1. The van der Waals surface area contributed by atoms with Crippen LogP contribution in [-0.2, 0) is 11.2 Å². The van der Waals surface area contributed by atoms with Gasteiger partial charge in [0.05, 0.1) is 11.0 Å². The third-order valence-electron chi connectivity index (χ3n) is 3.81. The summed E-state index contributed by atoms with van der Waals surface area (Å²) in [5.41, 5.74) is 1.29. The van der Waals surface area contributed by atoms with Crippen LogP contribution in [0, 0.1) is 22.9 Å². The Labute approximate surface area is 164 Å². The van der Waals surface area contributed by atoms with Gasteiger partial charge in [-0.15, -0.1) is 11.3 Å². The molecule has 0 aliphatic carbocycles. The second-order valence-corrected chi connectivity index (χ2v) is 7.10. The average molecular weight is 401 g/mol. The Morgan fingerprint density at radius 2 is 2.14 bits per heavy atom. The van der Waals surface area contributed by atoms with E-state index in [1.54, 1.807) is 19.2 Å². The van der Waals surface area contributed by atoms with Crippen LogP contribution >= 0.6 is 11.3 Å². The van der Waals surface area contributed by atoms with Crippen molar-refractivity contribution in [3.63, 3.8) is 0 Å². The largest absolute Gasteiger partial charge is 0.484 e. The number of nitro groups is 1. The molecule has 1 heterocycles. The zero-order valence-corrected chi connectivity index (χ0v) is 15.7. The number of aryl methyl sites for hydroxylation is 1. The molecular formula is C19H16FN3O4S. The van der Waals surface area contributed by atoms with Crippen molar-refractivity contribution in [2.24, 2.45) is 0 Å². The summed E-state index contributed by atoms with van der Waals surface area (Å²) in [6.07, 6.45) is 2.13. The van der Waals surface area contributed by atoms with E-state index in [-0.39, 0.29) is 23.9 Å². The highest BCUT2D eigenvalue weighted by Crippen LogP contribution is 2.22. The summed E-state index contributed by atoms with van der Waals surface area (Å²) in [6.45, 7) is 1.40. The van der Waals surface area contributed by atoms with E-state index in [9.17, 15) is 19.3 Å². The van der Waals surface area contributed by atoms with Crippen LogP contribution < -0.4 is 10.1 Å². The van der Waals surface area contributed by atoms with Crippen LogP contribution in [0.25, 0.3) is 0 Å². The van der Waals surface area contributed by atoms with Crippen molar-refractivity contribution in [3.05, 3.63) is 80.6 Å². The average Bonchev–Trinajstić information content (AvgIpc) is 3.10. The summed E-state index contributed by atoms with van der Waals surface area (Å²) < 4.78 is 18.9.